The molecule has 35 heavy (non-hydrogen) atoms. The molecule has 1 aliphatic carbocycles. The van der Waals surface area contributed by atoms with E-state index in [1.165, 1.54) is 19.3 Å². The number of fused-ring (bicyclic) bond motifs is 1. The standard InChI is InChI=1S/C27H39N5O3/c28-19-7-5-18(6-8-19)22(9-4-17-12-14-29-15-13-17)30-23-3-1-2-20-21(23)16-32(27(20)35)24-10-11-25(33)31-26(24)34/h1-3,17-19,22,24,29-30H,4-16,28H2,(H,31,33,34)/t18?,19?,22-,24-/m1/s1. The number of hydrogen-bond donors (Lipinski definition) is 4. The van der Waals surface area contributed by atoms with Crippen LogP contribution >= 0.6 is 0 Å². The number of nitrogens with one attached hydrogen (secondary N) is 3. The molecule has 1 aromatic carbocycles. The lowest BCUT2D eigenvalue weighted by molar-refractivity contribution is -0.136. The third-order valence-corrected chi connectivity index (χ3v) is 8.65. The highest BCUT2D eigenvalue weighted by Gasteiger charge is 2.40. The van der Waals surface area contributed by atoms with Gasteiger partial charge in [-0.15, -0.1) is 0 Å². The Morgan fingerprint density at radius 2 is 1.80 bits per heavy atom. The molecule has 3 aliphatic heterocycles. The Balaban J connectivity index is 1.32. The third-order valence-electron chi connectivity index (χ3n) is 8.65. The summed E-state index contributed by atoms with van der Waals surface area (Å²) < 4.78 is 0. The van der Waals surface area contributed by atoms with Crippen molar-refractivity contribution in [1.82, 2.24) is 15.5 Å². The Bertz CT molecular complexity index is 952. The Morgan fingerprint density at radius 1 is 1.03 bits per heavy atom. The second-order valence-electron chi connectivity index (χ2n) is 10.9. The van der Waals surface area contributed by atoms with E-state index < -0.39 is 6.04 Å². The van der Waals surface area contributed by atoms with Gasteiger partial charge in [0.15, 0.2) is 0 Å². The molecule has 0 spiro atoms. The van der Waals surface area contributed by atoms with Crippen molar-refractivity contribution in [2.75, 3.05) is 18.4 Å². The van der Waals surface area contributed by atoms with Crippen molar-refractivity contribution < 1.29 is 14.4 Å². The summed E-state index contributed by atoms with van der Waals surface area (Å²) in [4.78, 5) is 38.9. The maximum Gasteiger partial charge on any atom is 0.255 e. The Hall–Kier alpha value is -2.45. The minimum Gasteiger partial charge on any atom is -0.382 e. The molecule has 5 N–H and O–H groups in total. The zero-order chi connectivity index (χ0) is 24.4. The van der Waals surface area contributed by atoms with Gasteiger partial charge in [-0.1, -0.05) is 6.07 Å². The first-order valence-electron chi connectivity index (χ1n) is 13.5. The van der Waals surface area contributed by atoms with Gasteiger partial charge in [0.25, 0.3) is 5.91 Å². The minimum absolute atomic E-state index is 0.118. The average molecular weight is 482 g/mol. The highest BCUT2D eigenvalue weighted by Crippen LogP contribution is 2.36. The van der Waals surface area contributed by atoms with Gasteiger partial charge in [-0.2, -0.15) is 0 Å². The van der Waals surface area contributed by atoms with Crippen LogP contribution in [-0.2, 0) is 16.1 Å². The summed E-state index contributed by atoms with van der Waals surface area (Å²) in [5.74, 6) is 0.609. The molecule has 8 nitrogen and oxygen atoms in total. The Morgan fingerprint density at radius 3 is 2.54 bits per heavy atom. The second-order valence-corrected chi connectivity index (χ2v) is 10.9. The van der Waals surface area contributed by atoms with Crippen LogP contribution in [0.25, 0.3) is 0 Å². The van der Waals surface area contributed by atoms with Crippen LogP contribution in [0.1, 0.15) is 80.1 Å². The minimum atomic E-state index is -0.587. The zero-order valence-electron chi connectivity index (χ0n) is 20.6. The molecule has 3 fully saturated rings. The van der Waals surface area contributed by atoms with Gasteiger partial charge in [0.05, 0.1) is 0 Å². The largest absolute Gasteiger partial charge is 0.382 e. The fourth-order valence-electron chi connectivity index (χ4n) is 6.48. The highest BCUT2D eigenvalue weighted by atomic mass is 16.2. The van der Waals surface area contributed by atoms with Crippen molar-refractivity contribution in [1.29, 1.82) is 0 Å². The SMILES string of the molecule is NC1CCC([C@@H](CCC2CCNCC2)Nc2cccc3c2CN([C@@H]2CCC(=O)NC2=O)C3=O)CC1. The van der Waals surface area contributed by atoms with Gasteiger partial charge in [0, 0.05) is 41.9 Å². The summed E-state index contributed by atoms with van der Waals surface area (Å²) in [5, 5.41) is 9.73. The van der Waals surface area contributed by atoms with Crippen LogP contribution in [-0.4, -0.2) is 53.8 Å². The Kier molecular flexibility index (Phi) is 7.39. The van der Waals surface area contributed by atoms with E-state index in [-0.39, 0.29) is 24.1 Å². The van der Waals surface area contributed by atoms with Crippen LogP contribution in [0.5, 0.6) is 0 Å². The number of amides is 3. The molecule has 1 aromatic rings. The van der Waals surface area contributed by atoms with Crippen LogP contribution in [0.15, 0.2) is 18.2 Å². The molecule has 1 saturated carbocycles. The van der Waals surface area contributed by atoms with Crippen LogP contribution in [0.2, 0.25) is 0 Å². The van der Waals surface area contributed by atoms with Crippen LogP contribution in [0.4, 0.5) is 5.69 Å². The van der Waals surface area contributed by atoms with Gasteiger partial charge in [0.1, 0.15) is 6.04 Å². The van der Waals surface area contributed by atoms with Crippen molar-refractivity contribution in [3.63, 3.8) is 0 Å². The van der Waals surface area contributed by atoms with Crippen molar-refractivity contribution >= 4 is 23.4 Å². The molecule has 0 radical (unpaired) electrons. The molecular weight excluding hydrogens is 442 g/mol. The van der Waals surface area contributed by atoms with Crippen molar-refractivity contribution in [3.8, 4) is 0 Å². The molecular formula is C27H39N5O3. The van der Waals surface area contributed by atoms with Crippen LogP contribution in [0.3, 0.4) is 0 Å². The number of imide groups is 1. The predicted octanol–water partition coefficient (Wildman–Crippen LogP) is 2.53. The number of carbonyl (C=O) groups excluding carboxylic acids is 3. The Labute approximate surface area is 207 Å². The van der Waals surface area contributed by atoms with E-state index in [2.05, 4.69) is 22.0 Å². The zero-order valence-corrected chi connectivity index (χ0v) is 20.6. The molecule has 3 heterocycles. The molecule has 0 aromatic heterocycles. The second kappa shape index (κ2) is 10.7. The first-order chi connectivity index (χ1) is 17.0. The van der Waals surface area contributed by atoms with Crippen molar-refractivity contribution in [3.05, 3.63) is 29.3 Å². The molecule has 2 atom stereocenters. The van der Waals surface area contributed by atoms with E-state index in [9.17, 15) is 14.4 Å². The number of nitrogens with zero attached hydrogens (tertiary/aromatic N) is 1. The third kappa shape index (κ3) is 5.38. The molecule has 5 rings (SSSR count). The average Bonchev–Trinajstić information content (AvgIpc) is 3.20. The summed E-state index contributed by atoms with van der Waals surface area (Å²) >= 11 is 0. The number of carbonyl (C=O) groups is 3. The lowest BCUT2D eigenvalue weighted by atomic mass is 9.78. The van der Waals surface area contributed by atoms with Gasteiger partial charge >= 0.3 is 0 Å². The van der Waals surface area contributed by atoms with Gasteiger partial charge in [-0.05, 0) is 94.8 Å². The maximum atomic E-state index is 13.2. The lowest BCUT2D eigenvalue weighted by Crippen LogP contribution is -2.52. The number of rotatable bonds is 7. The topological polar surface area (TPSA) is 117 Å². The monoisotopic (exact) mass is 481 g/mol. The van der Waals surface area contributed by atoms with Gasteiger partial charge in [0.2, 0.25) is 11.8 Å². The summed E-state index contributed by atoms with van der Waals surface area (Å²) in [6.07, 6.45) is 9.92. The van der Waals surface area contributed by atoms with Gasteiger partial charge in [-0.3, -0.25) is 19.7 Å². The summed E-state index contributed by atoms with van der Waals surface area (Å²) in [5.41, 5.74) is 8.86. The first-order valence-corrected chi connectivity index (χ1v) is 13.5. The van der Waals surface area contributed by atoms with Crippen molar-refractivity contribution in [2.45, 2.75) is 88.9 Å². The lowest BCUT2D eigenvalue weighted by Gasteiger charge is -2.35. The number of benzene rings is 1. The summed E-state index contributed by atoms with van der Waals surface area (Å²) in [6.45, 7) is 2.64. The normalized spacial score (nSPS) is 28.5. The first kappa shape index (κ1) is 24.3. The molecule has 0 bridgehead atoms. The maximum absolute atomic E-state index is 13.2. The van der Waals surface area contributed by atoms with Crippen LogP contribution in [0, 0.1) is 11.8 Å². The summed E-state index contributed by atoms with van der Waals surface area (Å²) in [6, 6.07) is 5.95. The van der Waals surface area contributed by atoms with E-state index in [0.717, 1.165) is 62.4 Å². The van der Waals surface area contributed by atoms with Gasteiger partial charge in [-0.25, -0.2) is 0 Å². The molecule has 8 heteroatoms. The number of anilines is 1. The highest BCUT2D eigenvalue weighted by molar-refractivity contribution is 6.06. The molecule has 0 unspecified atom stereocenters. The van der Waals surface area contributed by atoms with E-state index in [0.29, 0.717) is 36.5 Å². The van der Waals surface area contributed by atoms with Gasteiger partial charge < -0.3 is 21.3 Å². The molecule has 190 valence electrons. The smallest absolute Gasteiger partial charge is 0.255 e. The van der Waals surface area contributed by atoms with Crippen LogP contribution < -0.4 is 21.7 Å². The van der Waals surface area contributed by atoms with Crippen molar-refractivity contribution in [2.24, 2.45) is 17.6 Å². The number of piperidine rings is 2. The number of nitrogens with two attached hydrogens (primary N) is 1. The van der Waals surface area contributed by atoms with E-state index >= 15 is 0 Å². The predicted molar refractivity (Wildman–Crippen MR) is 135 cm³/mol. The quantitative estimate of drug-likeness (QED) is 0.445. The van der Waals surface area contributed by atoms with E-state index in [1.807, 2.05) is 12.1 Å². The molecule has 4 aliphatic rings. The fourth-order valence-corrected chi connectivity index (χ4v) is 6.48. The molecule has 3 amide bonds. The summed E-state index contributed by atoms with van der Waals surface area (Å²) in [7, 11) is 0. The molecule has 2 saturated heterocycles. The fraction of sp³-hybridized carbons (Fsp3) is 0.667. The number of hydrogen-bond acceptors (Lipinski definition) is 6. The van der Waals surface area contributed by atoms with E-state index in [1.54, 1.807) is 4.90 Å². The van der Waals surface area contributed by atoms with E-state index in [4.69, 9.17) is 5.73 Å².